The molecule has 0 spiro atoms. The number of nitrogens with zero attached hydrogens (tertiary/aromatic N) is 1. The second-order valence-corrected chi connectivity index (χ2v) is 8.51. The summed E-state index contributed by atoms with van der Waals surface area (Å²) in [7, 11) is -0.822. The maximum atomic E-state index is 12.8. The average Bonchev–Trinajstić information content (AvgIpc) is 2.61. The predicted molar refractivity (Wildman–Crippen MR) is 111 cm³/mol. The molecule has 152 valence electrons. The summed E-state index contributed by atoms with van der Waals surface area (Å²) in [6.07, 6.45) is 1.03. The first-order chi connectivity index (χ1) is 13.1. The fraction of sp³-hybridized carbons (Fsp3) is 0.316. The van der Waals surface area contributed by atoms with Gasteiger partial charge in [0.1, 0.15) is 17.5 Å². The van der Waals surface area contributed by atoms with E-state index in [4.69, 9.17) is 21.1 Å². The number of rotatable bonds is 7. The molecule has 0 saturated carbocycles. The lowest BCUT2D eigenvalue weighted by Gasteiger charge is -2.28. The van der Waals surface area contributed by atoms with Crippen LogP contribution in [0.25, 0.3) is 0 Å². The Balaban J connectivity index is 2.38. The van der Waals surface area contributed by atoms with E-state index in [2.05, 4.69) is 5.32 Å². The molecule has 7 nitrogen and oxygen atoms in total. The summed E-state index contributed by atoms with van der Waals surface area (Å²) >= 11 is 6.13. The lowest BCUT2D eigenvalue weighted by atomic mass is 10.2. The molecule has 0 saturated heterocycles. The van der Waals surface area contributed by atoms with Crippen molar-refractivity contribution in [3.8, 4) is 11.5 Å². The SMILES string of the molecule is COc1ccc(N([C@@H](C)C(=O)Nc2cc(C)ccc2OC)S(C)(=O)=O)cc1Cl. The van der Waals surface area contributed by atoms with Gasteiger partial charge in [0, 0.05) is 0 Å². The molecule has 0 unspecified atom stereocenters. The molecule has 28 heavy (non-hydrogen) atoms. The molecular formula is C19H23ClN2O5S. The van der Waals surface area contributed by atoms with Gasteiger partial charge in [-0.15, -0.1) is 0 Å². The summed E-state index contributed by atoms with van der Waals surface area (Å²) in [6.45, 7) is 3.37. The van der Waals surface area contributed by atoms with Crippen LogP contribution < -0.4 is 19.1 Å². The minimum absolute atomic E-state index is 0.238. The number of carbonyl (C=O) groups excluding carboxylic acids is 1. The Morgan fingerprint density at radius 3 is 2.25 bits per heavy atom. The molecule has 1 N–H and O–H groups in total. The zero-order chi connectivity index (χ0) is 21.1. The van der Waals surface area contributed by atoms with Crippen LogP contribution in [-0.4, -0.2) is 40.8 Å². The largest absolute Gasteiger partial charge is 0.495 e. The van der Waals surface area contributed by atoms with Crippen molar-refractivity contribution in [1.29, 1.82) is 0 Å². The topological polar surface area (TPSA) is 84.9 Å². The van der Waals surface area contributed by atoms with E-state index in [1.807, 2.05) is 13.0 Å². The molecule has 0 heterocycles. The molecule has 2 rings (SSSR count). The Labute approximate surface area is 170 Å². The van der Waals surface area contributed by atoms with Gasteiger partial charge in [-0.2, -0.15) is 0 Å². The second kappa shape index (κ2) is 8.70. The Morgan fingerprint density at radius 2 is 1.71 bits per heavy atom. The van der Waals surface area contributed by atoms with E-state index in [0.29, 0.717) is 17.2 Å². The van der Waals surface area contributed by atoms with E-state index in [1.54, 1.807) is 18.2 Å². The molecule has 1 atom stereocenters. The molecule has 1 amide bonds. The van der Waals surface area contributed by atoms with Gasteiger partial charge in [-0.3, -0.25) is 9.10 Å². The third-order valence-corrected chi connectivity index (χ3v) is 5.63. The van der Waals surface area contributed by atoms with Gasteiger partial charge in [-0.25, -0.2) is 8.42 Å². The number of amides is 1. The highest BCUT2D eigenvalue weighted by Gasteiger charge is 2.30. The molecule has 0 aliphatic carbocycles. The van der Waals surface area contributed by atoms with Crippen molar-refractivity contribution >= 4 is 38.9 Å². The van der Waals surface area contributed by atoms with Crippen LogP contribution in [0.5, 0.6) is 11.5 Å². The Kier molecular flexibility index (Phi) is 6.79. The summed E-state index contributed by atoms with van der Waals surface area (Å²) in [6, 6.07) is 8.81. The first-order valence-electron chi connectivity index (χ1n) is 8.37. The number of hydrogen-bond acceptors (Lipinski definition) is 5. The van der Waals surface area contributed by atoms with E-state index in [9.17, 15) is 13.2 Å². The predicted octanol–water partition coefficient (Wildman–Crippen LogP) is 3.46. The van der Waals surface area contributed by atoms with Gasteiger partial charge in [0.2, 0.25) is 15.9 Å². The molecule has 0 radical (unpaired) electrons. The van der Waals surface area contributed by atoms with E-state index in [-0.39, 0.29) is 10.7 Å². The fourth-order valence-corrected chi connectivity index (χ4v) is 4.18. The van der Waals surface area contributed by atoms with Crippen LogP contribution in [0, 0.1) is 6.92 Å². The van der Waals surface area contributed by atoms with Crippen molar-refractivity contribution in [3.63, 3.8) is 0 Å². The van der Waals surface area contributed by atoms with Gasteiger partial charge in [-0.1, -0.05) is 17.7 Å². The molecule has 2 aromatic carbocycles. The summed E-state index contributed by atoms with van der Waals surface area (Å²) in [4.78, 5) is 12.8. The molecule has 0 aliphatic rings. The van der Waals surface area contributed by atoms with Crippen molar-refractivity contribution in [2.45, 2.75) is 19.9 Å². The van der Waals surface area contributed by atoms with Crippen molar-refractivity contribution in [2.24, 2.45) is 0 Å². The van der Waals surface area contributed by atoms with Gasteiger partial charge in [0.05, 0.1) is 36.9 Å². The second-order valence-electron chi connectivity index (χ2n) is 6.25. The van der Waals surface area contributed by atoms with Crippen LogP contribution in [0.3, 0.4) is 0 Å². The standard InChI is InChI=1S/C19H23ClN2O5S/c1-12-6-8-18(27-4)16(10-12)21-19(23)13(2)22(28(5,24)25)14-7-9-17(26-3)15(20)11-14/h6-11,13H,1-5H3,(H,21,23)/t13-/m0/s1. The number of nitrogens with one attached hydrogen (secondary N) is 1. The highest BCUT2D eigenvalue weighted by Crippen LogP contribution is 2.32. The van der Waals surface area contributed by atoms with Gasteiger partial charge in [0.15, 0.2) is 0 Å². The molecule has 0 aliphatic heterocycles. The highest BCUT2D eigenvalue weighted by molar-refractivity contribution is 7.92. The average molecular weight is 427 g/mol. The van der Waals surface area contributed by atoms with Crippen molar-refractivity contribution in [1.82, 2.24) is 0 Å². The van der Waals surface area contributed by atoms with Crippen molar-refractivity contribution in [2.75, 3.05) is 30.1 Å². The quantitative estimate of drug-likeness (QED) is 0.732. The van der Waals surface area contributed by atoms with Crippen molar-refractivity contribution in [3.05, 3.63) is 47.0 Å². The monoisotopic (exact) mass is 426 g/mol. The number of hydrogen-bond donors (Lipinski definition) is 1. The van der Waals surface area contributed by atoms with Crippen LogP contribution in [0.15, 0.2) is 36.4 Å². The zero-order valence-electron chi connectivity index (χ0n) is 16.3. The van der Waals surface area contributed by atoms with Gasteiger partial charge >= 0.3 is 0 Å². The van der Waals surface area contributed by atoms with Crippen molar-refractivity contribution < 1.29 is 22.7 Å². The molecular weight excluding hydrogens is 404 g/mol. The van der Waals surface area contributed by atoms with Crippen LogP contribution in [-0.2, 0) is 14.8 Å². The smallest absolute Gasteiger partial charge is 0.248 e. The van der Waals surface area contributed by atoms with Crippen LogP contribution in [0.4, 0.5) is 11.4 Å². The van der Waals surface area contributed by atoms with Gasteiger partial charge < -0.3 is 14.8 Å². The van der Waals surface area contributed by atoms with Crippen LogP contribution in [0.1, 0.15) is 12.5 Å². The number of carbonyl (C=O) groups is 1. The van der Waals surface area contributed by atoms with Gasteiger partial charge in [-0.05, 0) is 49.7 Å². The molecule has 9 heteroatoms. The first kappa shape index (κ1) is 21.8. The summed E-state index contributed by atoms with van der Waals surface area (Å²) in [5.41, 5.74) is 1.64. The zero-order valence-corrected chi connectivity index (χ0v) is 17.9. The highest BCUT2D eigenvalue weighted by atomic mass is 35.5. The van der Waals surface area contributed by atoms with E-state index in [1.165, 1.54) is 33.3 Å². The maximum absolute atomic E-state index is 12.8. The molecule has 0 bridgehead atoms. The number of aryl methyl sites for hydroxylation is 1. The third-order valence-electron chi connectivity index (χ3n) is 4.09. The number of benzene rings is 2. The number of ether oxygens (including phenoxy) is 2. The minimum Gasteiger partial charge on any atom is -0.495 e. The van der Waals surface area contributed by atoms with E-state index in [0.717, 1.165) is 16.1 Å². The van der Waals surface area contributed by atoms with E-state index >= 15 is 0 Å². The van der Waals surface area contributed by atoms with E-state index < -0.39 is 22.0 Å². The Bertz CT molecular complexity index is 978. The lowest BCUT2D eigenvalue weighted by molar-refractivity contribution is -0.116. The Morgan fingerprint density at radius 1 is 1.11 bits per heavy atom. The van der Waals surface area contributed by atoms with Crippen LogP contribution >= 0.6 is 11.6 Å². The number of sulfonamides is 1. The number of anilines is 2. The first-order valence-corrected chi connectivity index (χ1v) is 10.6. The molecule has 0 aromatic heterocycles. The fourth-order valence-electron chi connectivity index (χ4n) is 2.76. The molecule has 2 aromatic rings. The summed E-state index contributed by atoms with van der Waals surface area (Å²) in [5, 5.41) is 2.97. The number of halogens is 1. The summed E-state index contributed by atoms with van der Waals surface area (Å²) in [5.74, 6) is 0.367. The van der Waals surface area contributed by atoms with Crippen LogP contribution in [0.2, 0.25) is 5.02 Å². The summed E-state index contributed by atoms with van der Waals surface area (Å²) < 4.78 is 36.2. The lowest BCUT2D eigenvalue weighted by Crippen LogP contribution is -2.45. The Hall–Kier alpha value is -2.45. The van der Waals surface area contributed by atoms with Gasteiger partial charge in [0.25, 0.3) is 0 Å². The molecule has 0 fully saturated rings. The normalized spacial score (nSPS) is 12.2. The minimum atomic E-state index is -3.77. The third kappa shape index (κ3) is 4.88. The maximum Gasteiger partial charge on any atom is 0.248 e. The number of methoxy groups -OCH3 is 2.